The Morgan fingerprint density at radius 2 is 1.67 bits per heavy atom. The first kappa shape index (κ1) is 17.1. The van der Waals surface area contributed by atoms with Gasteiger partial charge in [-0.15, -0.1) is 0 Å². The van der Waals surface area contributed by atoms with Gasteiger partial charge in [0.15, 0.2) is 0 Å². The number of benzene rings is 1. The predicted molar refractivity (Wildman–Crippen MR) is 82.2 cm³/mol. The van der Waals surface area contributed by atoms with E-state index in [1.807, 2.05) is 0 Å². The molecule has 6 heteroatoms. The topological polar surface area (TPSA) is 72.2 Å². The van der Waals surface area contributed by atoms with Gasteiger partial charge in [0, 0.05) is 17.7 Å². The molecule has 21 heavy (non-hydrogen) atoms. The molecule has 1 amide bonds. The molecular formula is C15H24N3O3+. The molecule has 6 nitrogen and oxygen atoms in total. The van der Waals surface area contributed by atoms with Gasteiger partial charge in [0.1, 0.15) is 0 Å². The summed E-state index contributed by atoms with van der Waals surface area (Å²) < 4.78 is 0.973. The molecule has 1 aromatic carbocycles. The maximum Gasteiger partial charge on any atom is 0.269 e. The Hall–Kier alpha value is -1.95. The lowest BCUT2D eigenvalue weighted by molar-refractivity contribution is -0.922. The molecule has 0 aliphatic rings. The number of nitrogens with zero attached hydrogens (tertiary/aromatic N) is 2. The Morgan fingerprint density at radius 3 is 2.10 bits per heavy atom. The molecule has 0 spiro atoms. The number of non-ortho nitro benzene ring substituents is 1. The van der Waals surface area contributed by atoms with Gasteiger partial charge < -0.3 is 9.80 Å². The van der Waals surface area contributed by atoms with Crippen molar-refractivity contribution in [2.75, 3.05) is 32.7 Å². The SMILES string of the molecule is CC[N+](CC)(CC)CCNC(=O)c1ccc([N+](=O)[O-])cc1. The molecule has 0 heterocycles. The predicted octanol–water partition coefficient (Wildman–Crippen LogP) is 2.20. The summed E-state index contributed by atoms with van der Waals surface area (Å²) in [6.45, 7) is 11.1. The van der Waals surface area contributed by atoms with Crippen LogP contribution in [0.25, 0.3) is 0 Å². The van der Waals surface area contributed by atoms with Crippen molar-refractivity contribution < 1.29 is 14.2 Å². The maximum absolute atomic E-state index is 12.0. The summed E-state index contributed by atoms with van der Waals surface area (Å²) in [7, 11) is 0. The Balaban J connectivity index is 2.56. The van der Waals surface area contributed by atoms with Crippen LogP contribution >= 0.6 is 0 Å². The fourth-order valence-electron chi connectivity index (χ4n) is 2.39. The molecule has 0 aliphatic heterocycles. The lowest BCUT2D eigenvalue weighted by Gasteiger charge is -2.35. The normalized spacial score (nSPS) is 11.2. The van der Waals surface area contributed by atoms with Crippen molar-refractivity contribution in [1.82, 2.24) is 5.32 Å². The molecule has 0 saturated heterocycles. The number of hydrogen-bond acceptors (Lipinski definition) is 3. The number of nitrogens with one attached hydrogen (secondary N) is 1. The molecule has 1 N–H and O–H groups in total. The number of rotatable bonds is 8. The molecule has 0 saturated carbocycles. The van der Waals surface area contributed by atoms with E-state index in [4.69, 9.17) is 0 Å². The first-order valence-electron chi connectivity index (χ1n) is 7.35. The summed E-state index contributed by atoms with van der Waals surface area (Å²) in [5.74, 6) is -0.189. The van der Waals surface area contributed by atoms with E-state index >= 15 is 0 Å². The van der Waals surface area contributed by atoms with Crippen LogP contribution in [-0.2, 0) is 0 Å². The van der Waals surface area contributed by atoms with Crippen LogP contribution in [0.15, 0.2) is 24.3 Å². The first-order valence-corrected chi connectivity index (χ1v) is 7.35. The number of carbonyl (C=O) groups is 1. The summed E-state index contributed by atoms with van der Waals surface area (Å²) in [5, 5.41) is 13.4. The van der Waals surface area contributed by atoms with Crippen molar-refractivity contribution in [3.8, 4) is 0 Å². The number of nitro benzene ring substituents is 1. The standard InChI is InChI=1S/C15H23N3O3/c1-4-18(5-2,6-3)12-11-16-15(19)13-7-9-14(10-8-13)17(20)21/h7-10H,4-6,11-12H2,1-3H3/p+1. The second-order valence-electron chi connectivity index (χ2n) is 5.07. The highest BCUT2D eigenvalue weighted by atomic mass is 16.6. The van der Waals surface area contributed by atoms with Crippen LogP contribution in [0.2, 0.25) is 0 Å². The fourth-order valence-corrected chi connectivity index (χ4v) is 2.39. The third kappa shape index (κ3) is 4.53. The highest BCUT2D eigenvalue weighted by Crippen LogP contribution is 2.11. The van der Waals surface area contributed by atoms with E-state index in [0.717, 1.165) is 30.7 Å². The molecule has 0 radical (unpaired) electrons. The lowest BCUT2D eigenvalue weighted by atomic mass is 10.2. The van der Waals surface area contributed by atoms with E-state index in [9.17, 15) is 14.9 Å². The van der Waals surface area contributed by atoms with Gasteiger partial charge >= 0.3 is 0 Å². The van der Waals surface area contributed by atoms with Gasteiger partial charge in [-0.1, -0.05) is 0 Å². The number of likely N-dealkylation sites (N-methyl/N-ethyl adjacent to an activating group) is 1. The largest absolute Gasteiger partial charge is 0.346 e. The van der Waals surface area contributed by atoms with Crippen LogP contribution < -0.4 is 5.32 Å². The molecule has 0 aliphatic carbocycles. The van der Waals surface area contributed by atoms with E-state index in [2.05, 4.69) is 26.1 Å². The van der Waals surface area contributed by atoms with Crippen LogP contribution in [0.3, 0.4) is 0 Å². The van der Waals surface area contributed by atoms with Crippen LogP contribution in [-0.4, -0.2) is 48.0 Å². The molecule has 0 aromatic heterocycles. The molecule has 0 fully saturated rings. The summed E-state index contributed by atoms with van der Waals surface area (Å²) in [6, 6.07) is 5.66. The summed E-state index contributed by atoms with van der Waals surface area (Å²) in [6.07, 6.45) is 0. The first-order chi connectivity index (χ1) is 9.98. The van der Waals surface area contributed by atoms with Gasteiger partial charge in [-0.3, -0.25) is 14.9 Å². The number of quaternary nitrogens is 1. The molecule has 0 unspecified atom stereocenters. The minimum Gasteiger partial charge on any atom is -0.346 e. The highest BCUT2D eigenvalue weighted by Gasteiger charge is 2.20. The van der Waals surface area contributed by atoms with E-state index in [1.54, 1.807) is 0 Å². The lowest BCUT2D eigenvalue weighted by Crippen LogP contribution is -2.51. The minimum absolute atomic E-state index is 0.00909. The minimum atomic E-state index is -0.475. The average Bonchev–Trinajstić information content (AvgIpc) is 2.52. The van der Waals surface area contributed by atoms with Crippen LogP contribution in [0, 0.1) is 10.1 Å². The van der Waals surface area contributed by atoms with Crippen LogP contribution in [0.1, 0.15) is 31.1 Å². The van der Waals surface area contributed by atoms with Gasteiger partial charge in [-0.2, -0.15) is 0 Å². The second kappa shape index (κ2) is 7.73. The number of carbonyl (C=O) groups excluding carboxylic acids is 1. The van der Waals surface area contributed by atoms with Crippen LogP contribution in [0.4, 0.5) is 5.69 Å². The van der Waals surface area contributed by atoms with Gasteiger partial charge in [-0.05, 0) is 32.9 Å². The maximum atomic E-state index is 12.0. The van der Waals surface area contributed by atoms with Crippen molar-refractivity contribution in [1.29, 1.82) is 0 Å². The van der Waals surface area contributed by atoms with Gasteiger partial charge in [0.05, 0.1) is 37.6 Å². The fraction of sp³-hybridized carbons (Fsp3) is 0.533. The third-order valence-corrected chi connectivity index (χ3v) is 4.22. The molecule has 0 bridgehead atoms. The Morgan fingerprint density at radius 1 is 1.14 bits per heavy atom. The molecule has 1 aromatic rings. The van der Waals surface area contributed by atoms with Crippen molar-refractivity contribution in [3.63, 3.8) is 0 Å². The summed E-state index contributed by atoms with van der Waals surface area (Å²) >= 11 is 0. The van der Waals surface area contributed by atoms with Crippen LogP contribution in [0.5, 0.6) is 0 Å². The quantitative estimate of drug-likeness (QED) is 0.454. The van der Waals surface area contributed by atoms with Crippen molar-refractivity contribution in [3.05, 3.63) is 39.9 Å². The zero-order valence-corrected chi connectivity index (χ0v) is 13.0. The van der Waals surface area contributed by atoms with E-state index < -0.39 is 4.92 Å². The van der Waals surface area contributed by atoms with Gasteiger partial charge in [0.2, 0.25) is 0 Å². The van der Waals surface area contributed by atoms with E-state index in [1.165, 1.54) is 24.3 Å². The summed E-state index contributed by atoms with van der Waals surface area (Å²) in [4.78, 5) is 22.1. The zero-order chi connectivity index (χ0) is 15.9. The van der Waals surface area contributed by atoms with Crippen molar-refractivity contribution >= 4 is 11.6 Å². The third-order valence-electron chi connectivity index (χ3n) is 4.22. The number of amides is 1. The Bertz CT molecular complexity index is 473. The monoisotopic (exact) mass is 294 g/mol. The molecule has 0 atom stereocenters. The Labute approximate surface area is 125 Å². The van der Waals surface area contributed by atoms with E-state index in [0.29, 0.717) is 12.1 Å². The molecule has 116 valence electrons. The zero-order valence-electron chi connectivity index (χ0n) is 13.0. The number of hydrogen-bond donors (Lipinski definition) is 1. The average molecular weight is 294 g/mol. The second-order valence-corrected chi connectivity index (χ2v) is 5.07. The molecular weight excluding hydrogens is 270 g/mol. The summed E-state index contributed by atoms with van der Waals surface area (Å²) in [5.41, 5.74) is 0.438. The Kier molecular flexibility index (Phi) is 6.30. The van der Waals surface area contributed by atoms with Crippen molar-refractivity contribution in [2.24, 2.45) is 0 Å². The van der Waals surface area contributed by atoms with Gasteiger partial charge in [0.25, 0.3) is 11.6 Å². The van der Waals surface area contributed by atoms with E-state index in [-0.39, 0.29) is 11.6 Å². The van der Waals surface area contributed by atoms with Gasteiger partial charge in [-0.25, -0.2) is 0 Å². The smallest absolute Gasteiger partial charge is 0.269 e. The highest BCUT2D eigenvalue weighted by molar-refractivity contribution is 5.94. The molecule has 1 rings (SSSR count). The van der Waals surface area contributed by atoms with Crippen molar-refractivity contribution in [2.45, 2.75) is 20.8 Å². The number of nitro groups is 1.